The first-order chi connectivity index (χ1) is 8.74. The van der Waals surface area contributed by atoms with Crippen molar-refractivity contribution in [2.75, 3.05) is 19.6 Å². The van der Waals surface area contributed by atoms with Gasteiger partial charge in [0.1, 0.15) is 0 Å². The molecule has 0 saturated carbocycles. The van der Waals surface area contributed by atoms with Crippen LogP contribution in [0.15, 0.2) is 0 Å². The molecular weight excluding hydrogens is 226 g/mol. The van der Waals surface area contributed by atoms with E-state index in [0.717, 1.165) is 19.5 Å². The molecule has 0 radical (unpaired) electrons. The minimum Gasteiger partial charge on any atom is -0.355 e. The molecule has 0 aromatic carbocycles. The molecule has 0 aromatic heterocycles. The molecule has 2 unspecified atom stereocenters. The van der Waals surface area contributed by atoms with Crippen LogP contribution in [0, 0.1) is 0 Å². The van der Waals surface area contributed by atoms with E-state index in [-0.39, 0.29) is 5.91 Å². The van der Waals surface area contributed by atoms with Crippen molar-refractivity contribution < 1.29 is 4.79 Å². The van der Waals surface area contributed by atoms with Crippen LogP contribution in [0.2, 0.25) is 0 Å². The summed E-state index contributed by atoms with van der Waals surface area (Å²) in [6, 6.07) is 1.92. The van der Waals surface area contributed by atoms with E-state index in [1.165, 1.54) is 25.7 Å². The summed E-state index contributed by atoms with van der Waals surface area (Å²) in [6.45, 7) is 6.73. The van der Waals surface area contributed by atoms with Crippen LogP contribution in [0.3, 0.4) is 0 Å². The van der Waals surface area contributed by atoms with Gasteiger partial charge in [-0.3, -0.25) is 9.69 Å². The fourth-order valence-electron chi connectivity index (χ4n) is 3.47. The standard InChI is InChI=1S/C14H27N3O/c1-3-7-16-14(18)10-17-12-5-6-13(17)9-11(8-12)15-4-2/h11-13,15H,3-10H2,1-2H3,(H,16,18). The molecule has 0 aliphatic carbocycles. The second-order valence-electron chi connectivity index (χ2n) is 5.63. The Morgan fingerprint density at radius 2 is 1.89 bits per heavy atom. The summed E-state index contributed by atoms with van der Waals surface area (Å²) in [5.41, 5.74) is 0. The number of nitrogens with zero attached hydrogens (tertiary/aromatic N) is 1. The number of hydrogen-bond donors (Lipinski definition) is 2. The lowest BCUT2D eigenvalue weighted by atomic mass is 9.97. The molecule has 0 aromatic rings. The molecule has 2 rings (SSSR count). The molecule has 2 heterocycles. The topological polar surface area (TPSA) is 44.4 Å². The number of nitrogens with one attached hydrogen (secondary N) is 2. The largest absolute Gasteiger partial charge is 0.355 e. The fourth-order valence-corrected chi connectivity index (χ4v) is 3.47. The van der Waals surface area contributed by atoms with Crippen LogP contribution in [-0.4, -0.2) is 48.6 Å². The zero-order chi connectivity index (χ0) is 13.0. The Bertz CT molecular complexity index is 268. The van der Waals surface area contributed by atoms with E-state index < -0.39 is 0 Å². The van der Waals surface area contributed by atoms with Gasteiger partial charge in [-0.15, -0.1) is 0 Å². The Morgan fingerprint density at radius 1 is 1.22 bits per heavy atom. The SMILES string of the molecule is CCCNC(=O)CN1C2CCC1CC(NCC)C2. The van der Waals surface area contributed by atoms with Crippen molar-refractivity contribution >= 4 is 5.91 Å². The molecule has 0 spiro atoms. The Morgan fingerprint density at radius 3 is 2.44 bits per heavy atom. The lowest BCUT2D eigenvalue weighted by molar-refractivity contribution is -0.123. The molecule has 104 valence electrons. The van der Waals surface area contributed by atoms with Crippen LogP contribution in [0.4, 0.5) is 0 Å². The molecule has 2 atom stereocenters. The quantitative estimate of drug-likeness (QED) is 0.745. The van der Waals surface area contributed by atoms with Crippen LogP contribution < -0.4 is 10.6 Å². The second kappa shape index (κ2) is 6.53. The van der Waals surface area contributed by atoms with Gasteiger partial charge < -0.3 is 10.6 Å². The Labute approximate surface area is 110 Å². The van der Waals surface area contributed by atoms with Gasteiger partial charge in [0.25, 0.3) is 0 Å². The number of hydrogen-bond acceptors (Lipinski definition) is 3. The van der Waals surface area contributed by atoms with Crippen molar-refractivity contribution in [3.8, 4) is 0 Å². The van der Waals surface area contributed by atoms with E-state index in [2.05, 4.69) is 29.4 Å². The van der Waals surface area contributed by atoms with E-state index >= 15 is 0 Å². The second-order valence-corrected chi connectivity index (χ2v) is 5.63. The van der Waals surface area contributed by atoms with Gasteiger partial charge in [-0.05, 0) is 38.6 Å². The van der Waals surface area contributed by atoms with Gasteiger partial charge in [-0.2, -0.15) is 0 Å². The molecular formula is C14H27N3O. The van der Waals surface area contributed by atoms with Gasteiger partial charge in [0, 0.05) is 24.7 Å². The smallest absolute Gasteiger partial charge is 0.234 e. The van der Waals surface area contributed by atoms with Crippen molar-refractivity contribution in [1.82, 2.24) is 15.5 Å². The predicted molar refractivity (Wildman–Crippen MR) is 73.5 cm³/mol. The maximum Gasteiger partial charge on any atom is 0.234 e. The Kier molecular flexibility index (Phi) is 5.01. The van der Waals surface area contributed by atoms with Gasteiger partial charge in [0.05, 0.1) is 6.54 Å². The fraction of sp³-hybridized carbons (Fsp3) is 0.929. The minimum absolute atomic E-state index is 0.204. The zero-order valence-corrected chi connectivity index (χ0v) is 11.7. The molecule has 2 aliphatic heterocycles. The lowest BCUT2D eigenvalue weighted by Crippen LogP contribution is -2.52. The van der Waals surface area contributed by atoms with Crippen molar-refractivity contribution in [2.24, 2.45) is 0 Å². The molecule has 2 aliphatic rings. The third-order valence-electron chi connectivity index (χ3n) is 4.28. The first kappa shape index (κ1) is 13.8. The van der Waals surface area contributed by atoms with Crippen molar-refractivity contribution in [1.29, 1.82) is 0 Å². The number of carbonyl (C=O) groups is 1. The minimum atomic E-state index is 0.204. The molecule has 4 nitrogen and oxygen atoms in total. The van der Waals surface area contributed by atoms with Crippen LogP contribution in [-0.2, 0) is 4.79 Å². The number of fused-ring (bicyclic) bond motifs is 2. The lowest BCUT2D eigenvalue weighted by Gasteiger charge is -2.38. The molecule has 18 heavy (non-hydrogen) atoms. The molecule has 4 heteroatoms. The average Bonchev–Trinajstić information content (AvgIpc) is 2.60. The zero-order valence-electron chi connectivity index (χ0n) is 11.7. The molecule has 2 bridgehead atoms. The summed E-state index contributed by atoms with van der Waals surface area (Å²) >= 11 is 0. The Hall–Kier alpha value is -0.610. The number of carbonyl (C=O) groups excluding carboxylic acids is 1. The molecule has 1 amide bonds. The summed E-state index contributed by atoms with van der Waals surface area (Å²) in [5, 5.41) is 6.55. The third kappa shape index (κ3) is 3.23. The number of piperidine rings is 1. The summed E-state index contributed by atoms with van der Waals surface area (Å²) in [5.74, 6) is 0.204. The van der Waals surface area contributed by atoms with E-state index in [1.54, 1.807) is 0 Å². The van der Waals surface area contributed by atoms with E-state index in [4.69, 9.17) is 0 Å². The summed E-state index contributed by atoms with van der Waals surface area (Å²) < 4.78 is 0. The Balaban J connectivity index is 1.83. The highest BCUT2D eigenvalue weighted by Crippen LogP contribution is 2.35. The van der Waals surface area contributed by atoms with Gasteiger partial charge in [0.2, 0.25) is 5.91 Å². The van der Waals surface area contributed by atoms with Gasteiger partial charge in [0.15, 0.2) is 0 Å². The maximum atomic E-state index is 11.8. The molecule has 2 N–H and O–H groups in total. The van der Waals surface area contributed by atoms with Gasteiger partial charge in [-0.1, -0.05) is 13.8 Å². The van der Waals surface area contributed by atoms with Gasteiger partial charge in [-0.25, -0.2) is 0 Å². The van der Waals surface area contributed by atoms with Crippen molar-refractivity contribution in [3.05, 3.63) is 0 Å². The summed E-state index contributed by atoms with van der Waals surface area (Å²) in [4.78, 5) is 14.3. The third-order valence-corrected chi connectivity index (χ3v) is 4.28. The number of rotatable bonds is 6. The highest BCUT2D eigenvalue weighted by atomic mass is 16.2. The van der Waals surface area contributed by atoms with E-state index in [1.807, 2.05) is 0 Å². The van der Waals surface area contributed by atoms with Crippen LogP contribution in [0.5, 0.6) is 0 Å². The summed E-state index contributed by atoms with van der Waals surface area (Å²) in [6.07, 6.45) is 5.99. The van der Waals surface area contributed by atoms with Crippen LogP contribution in [0.25, 0.3) is 0 Å². The summed E-state index contributed by atoms with van der Waals surface area (Å²) in [7, 11) is 0. The normalized spacial score (nSPS) is 31.6. The molecule has 2 fully saturated rings. The first-order valence-electron chi connectivity index (χ1n) is 7.50. The average molecular weight is 253 g/mol. The van der Waals surface area contributed by atoms with Gasteiger partial charge >= 0.3 is 0 Å². The van der Waals surface area contributed by atoms with E-state index in [9.17, 15) is 4.79 Å². The van der Waals surface area contributed by atoms with Crippen molar-refractivity contribution in [3.63, 3.8) is 0 Å². The maximum absolute atomic E-state index is 11.8. The van der Waals surface area contributed by atoms with E-state index in [0.29, 0.717) is 24.7 Å². The molecule has 2 saturated heterocycles. The highest BCUT2D eigenvalue weighted by molar-refractivity contribution is 5.78. The van der Waals surface area contributed by atoms with Crippen LogP contribution >= 0.6 is 0 Å². The monoisotopic (exact) mass is 253 g/mol. The number of amides is 1. The van der Waals surface area contributed by atoms with Crippen molar-refractivity contribution in [2.45, 2.75) is 64.1 Å². The van der Waals surface area contributed by atoms with Crippen LogP contribution in [0.1, 0.15) is 46.0 Å². The highest BCUT2D eigenvalue weighted by Gasteiger charge is 2.40. The first-order valence-corrected chi connectivity index (χ1v) is 7.50. The predicted octanol–water partition coefficient (Wildman–Crippen LogP) is 1.12.